The van der Waals surface area contributed by atoms with Crippen molar-refractivity contribution in [2.75, 3.05) is 0 Å². The third-order valence-corrected chi connectivity index (χ3v) is 4.33. The molecule has 116 valence electrons. The minimum atomic E-state index is -0.461. The molecule has 23 heavy (non-hydrogen) atoms. The summed E-state index contributed by atoms with van der Waals surface area (Å²) in [7, 11) is 0. The Labute approximate surface area is 152 Å². The summed E-state index contributed by atoms with van der Waals surface area (Å²) in [5.41, 5.74) is 1.81. The number of rotatable bonds is 2. The Bertz CT molecular complexity index is 826. The van der Waals surface area contributed by atoms with Crippen LogP contribution in [0.25, 0.3) is 22.5 Å². The first-order chi connectivity index (χ1) is 10.9. The highest BCUT2D eigenvalue weighted by atomic mass is 35.5. The van der Waals surface area contributed by atoms with Crippen LogP contribution in [-0.2, 0) is 0 Å². The van der Waals surface area contributed by atoms with E-state index in [4.69, 9.17) is 46.4 Å². The highest BCUT2D eigenvalue weighted by Gasteiger charge is 2.13. The highest BCUT2D eigenvalue weighted by Crippen LogP contribution is 2.34. The number of aromatic nitrogens is 1. The Morgan fingerprint density at radius 2 is 1.09 bits per heavy atom. The van der Waals surface area contributed by atoms with Crippen molar-refractivity contribution in [1.82, 2.24) is 4.98 Å². The fourth-order valence-corrected chi connectivity index (χ4v) is 2.93. The van der Waals surface area contributed by atoms with Crippen molar-refractivity contribution in [3.8, 4) is 22.5 Å². The predicted molar refractivity (Wildman–Crippen MR) is 95.1 cm³/mol. The van der Waals surface area contributed by atoms with E-state index in [9.17, 15) is 4.39 Å². The third-order valence-electron chi connectivity index (χ3n) is 3.20. The van der Waals surface area contributed by atoms with Crippen LogP contribution in [0.2, 0.25) is 20.1 Å². The smallest absolute Gasteiger partial charge is 0.127 e. The van der Waals surface area contributed by atoms with E-state index in [2.05, 4.69) is 4.98 Å². The molecule has 0 aliphatic carbocycles. The Kier molecular flexibility index (Phi) is 4.79. The van der Waals surface area contributed by atoms with Gasteiger partial charge < -0.3 is 0 Å². The molecule has 6 heteroatoms. The number of halogens is 5. The molecule has 0 radical (unpaired) electrons. The summed E-state index contributed by atoms with van der Waals surface area (Å²) in [4.78, 5) is 4.45. The van der Waals surface area contributed by atoms with Crippen LogP contribution in [0.4, 0.5) is 4.39 Å². The fourth-order valence-electron chi connectivity index (χ4n) is 2.16. The maximum Gasteiger partial charge on any atom is 0.127 e. The second-order valence-corrected chi connectivity index (χ2v) is 6.49. The molecule has 0 N–H and O–H groups in total. The van der Waals surface area contributed by atoms with Crippen LogP contribution < -0.4 is 0 Å². The zero-order valence-electron chi connectivity index (χ0n) is 11.5. The number of benzene rings is 2. The first kappa shape index (κ1) is 16.5. The van der Waals surface area contributed by atoms with Crippen molar-refractivity contribution >= 4 is 46.4 Å². The molecule has 0 bridgehead atoms. The molecule has 0 amide bonds. The van der Waals surface area contributed by atoms with Crippen molar-refractivity contribution in [2.24, 2.45) is 0 Å². The lowest BCUT2D eigenvalue weighted by molar-refractivity contribution is 0.627. The second-order valence-electron chi connectivity index (χ2n) is 4.80. The molecule has 0 saturated heterocycles. The summed E-state index contributed by atoms with van der Waals surface area (Å²) in [5.74, 6) is -0.461. The fraction of sp³-hybridized carbons (Fsp3) is 0. The van der Waals surface area contributed by atoms with E-state index in [1.807, 2.05) is 0 Å². The number of pyridine rings is 1. The van der Waals surface area contributed by atoms with Crippen LogP contribution in [0, 0.1) is 5.82 Å². The Morgan fingerprint density at radius 1 is 0.652 bits per heavy atom. The van der Waals surface area contributed by atoms with Gasteiger partial charge in [0.25, 0.3) is 0 Å². The molecule has 0 saturated carbocycles. The van der Waals surface area contributed by atoms with Crippen LogP contribution in [0.1, 0.15) is 0 Å². The lowest BCUT2D eigenvalue weighted by Gasteiger charge is -2.09. The summed E-state index contributed by atoms with van der Waals surface area (Å²) in [5, 5.41) is 1.82. The van der Waals surface area contributed by atoms with E-state index < -0.39 is 5.82 Å². The van der Waals surface area contributed by atoms with Gasteiger partial charge in [-0.1, -0.05) is 46.4 Å². The van der Waals surface area contributed by atoms with Gasteiger partial charge in [0.05, 0.1) is 21.4 Å². The van der Waals surface area contributed by atoms with E-state index in [-0.39, 0.29) is 0 Å². The molecule has 0 fully saturated rings. The van der Waals surface area contributed by atoms with Crippen LogP contribution in [0.3, 0.4) is 0 Å². The van der Waals surface area contributed by atoms with Crippen LogP contribution in [-0.4, -0.2) is 4.98 Å². The molecule has 1 aromatic heterocycles. The molecule has 2 aromatic carbocycles. The molecule has 0 atom stereocenters. The van der Waals surface area contributed by atoms with Gasteiger partial charge >= 0.3 is 0 Å². The topological polar surface area (TPSA) is 12.9 Å². The SMILES string of the molecule is Fc1cc(-c2cc(Cl)ccc2Cl)nc(-c2cc(Cl)ccc2Cl)c1. The molecule has 3 aromatic rings. The second kappa shape index (κ2) is 6.66. The lowest BCUT2D eigenvalue weighted by Crippen LogP contribution is -1.92. The minimum Gasteiger partial charge on any atom is -0.247 e. The molecule has 0 spiro atoms. The molecular formula is C17H8Cl4FN. The van der Waals surface area contributed by atoms with Crippen molar-refractivity contribution in [2.45, 2.75) is 0 Å². The number of hydrogen-bond acceptors (Lipinski definition) is 1. The molecule has 1 heterocycles. The van der Waals surface area contributed by atoms with Crippen molar-refractivity contribution in [3.05, 3.63) is 74.4 Å². The molecule has 0 aliphatic rings. The van der Waals surface area contributed by atoms with Gasteiger partial charge in [-0.15, -0.1) is 0 Å². The number of hydrogen-bond donors (Lipinski definition) is 0. The standard InChI is InChI=1S/C17H8Cl4FN/c18-9-1-3-14(20)12(5-9)16-7-11(22)8-17(23-16)13-6-10(19)2-4-15(13)21/h1-8H. The van der Waals surface area contributed by atoms with Crippen molar-refractivity contribution in [3.63, 3.8) is 0 Å². The maximum atomic E-state index is 14.1. The minimum absolute atomic E-state index is 0.364. The van der Waals surface area contributed by atoms with Gasteiger partial charge in [0, 0.05) is 33.3 Å². The summed E-state index contributed by atoms with van der Waals surface area (Å²) >= 11 is 24.3. The molecule has 0 unspecified atom stereocenters. The maximum absolute atomic E-state index is 14.1. The first-order valence-electron chi connectivity index (χ1n) is 6.52. The van der Waals surface area contributed by atoms with E-state index in [1.165, 1.54) is 12.1 Å². The van der Waals surface area contributed by atoms with Crippen molar-refractivity contribution < 1.29 is 4.39 Å². The Balaban J connectivity index is 2.20. The highest BCUT2D eigenvalue weighted by molar-refractivity contribution is 6.36. The summed E-state index contributed by atoms with van der Waals surface area (Å²) < 4.78 is 14.1. The van der Waals surface area contributed by atoms with Gasteiger partial charge in [-0.2, -0.15) is 0 Å². The molecule has 0 aliphatic heterocycles. The average molecular weight is 387 g/mol. The normalized spacial score (nSPS) is 10.8. The van der Waals surface area contributed by atoms with Gasteiger partial charge in [0.1, 0.15) is 5.82 Å². The number of nitrogens with zero attached hydrogens (tertiary/aromatic N) is 1. The van der Waals surface area contributed by atoms with Gasteiger partial charge in [0.2, 0.25) is 0 Å². The van der Waals surface area contributed by atoms with Crippen LogP contribution >= 0.6 is 46.4 Å². The molecule has 3 rings (SSSR count). The zero-order chi connectivity index (χ0) is 16.6. The predicted octanol–water partition coefficient (Wildman–Crippen LogP) is 7.17. The van der Waals surface area contributed by atoms with E-state index in [0.29, 0.717) is 42.6 Å². The van der Waals surface area contributed by atoms with Crippen LogP contribution in [0.5, 0.6) is 0 Å². The molecule has 1 nitrogen and oxygen atoms in total. The Hall–Kier alpha value is -1.32. The van der Waals surface area contributed by atoms with Gasteiger partial charge in [-0.05, 0) is 36.4 Å². The quantitative estimate of drug-likeness (QED) is 0.454. The Morgan fingerprint density at radius 3 is 1.52 bits per heavy atom. The van der Waals surface area contributed by atoms with Gasteiger partial charge in [-0.25, -0.2) is 9.37 Å². The zero-order valence-corrected chi connectivity index (χ0v) is 14.5. The largest absolute Gasteiger partial charge is 0.247 e. The third kappa shape index (κ3) is 3.61. The van der Waals surface area contributed by atoms with Gasteiger partial charge in [0.15, 0.2) is 0 Å². The average Bonchev–Trinajstić information content (AvgIpc) is 2.51. The van der Waals surface area contributed by atoms with Gasteiger partial charge in [-0.3, -0.25) is 0 Å². The summed E-state index contributed by atoms with van der Waals surface area (Å²) in [6, 6.07) is 12.4. The first-order valence-corrected chi connectivity index (χ1v) is 8.03. The van der Waals surface area contributed by atoms with E-state index >= 15 is 0 Å². The summed E-state index contributed by atoms with van der Waals surface area (Å²) in [6.45, 7) is 0. The van der Waals surface area contributed by atoms with Crippen LogP contribution in [0.15, 0.2) is 48.5 Å². The lowest BCUT2D eigenvalue weighted by atomic mass is 10.1. The van der Waals surface area contributed by atoms with Crippen molar-refractivity contribution in [1.29, 1.82) is 0 Å². The van der Waals surface area contributed by atoms with E-state index in [1.54, 1.807) is 36.4 Å². The van der Waals surface area contributed by atoms with E-state index in [0.717, 1.165) is 0 Å². The summed E-state index contributed by atoms with van der Waals surface area (Å²) in [6.07, 6.45) is 0. The molecular weight excluding hydrogens is 379 g/mol. The monoisotopic (exact) mass is 385 g/mol.